The number of benzene rings is 3. The Morgan fingerprint density at radius 1 is 0.907 bits per heavy atom. The van der Waals surface area contributed by atoms with Crippen LogP contribution in [0.2, 0.25) is 0 Å². The van der Waals surface area contributed by atoms with Crippen LogP contribution < -0.4 is 4.72 Å². The van der Waals surface area contributed by atoms with Gasteiger partial charge >= 0.3 is 6.09 Å². The van der Waals surface area contributed by atoms with Crippen LogP contribution in [-0.2, 0) is 35.1 Å². The minimum absolute atomic E-state index is 0.296. The number of ether oxygens (including phenoxy) is 1. The molecule has 0 spiro atoms. The molecule has 0 fully saturated rings. The Hall–Kier alpha value is -4.30. The van der Waals surface area contributed by atoms with Crippen molar-refractivity contribution in [1.29, 1.82) is 0 Å². The molecule has 8 heteroatoms. The van der Waals surface area contributed by atoms with Crippen LogP contribution >= 0.6 is 0 Å². The predicted octanol–water partition coefficient (Wildman–Crippen LogP) is 7.47. The van der Waals surface area contributed by atoms with Crippen molar-refractivity contribution in [2.24, 2.45) is 0 Å². The van der Waals surface area contributed by atoms with Crippen molar-refractivity contribution >= 4 is 28.2 Å². The molecule has 1 atom stereocenters. The summed E-state index contributed by atoms with van der Waals surface area (Å²) >= 11 is 0. The van der Waals surface area contributed by atoms with Gasteiger partial charge in [-0.15, -0.1) is 0 Å². The fourth-order valence-electron chi connectivity index (χ4n) is 5.23. The number of nitrogens with zero attached hydrogens (tertiary/aromatic N) is 3. The number of pyridine rings is 1. The maximum absolute atomic E-state index is 13.4. The number of nitrogens with one attached hydrogen (secondary N) is 1. The number of aryl methyl sites for hydroxylation is 3. The van der Waals surface area contributed by atoms with Gasteiger partial charge in [-0.1, -0.05) is 80.9 Å². The first kappa shape index (κ1) is 30.2. The molecule has 0 radical (unpaired) electrons. The minimum atomic E-state index is -1.79. The van der Waals surface area contributed by atoms with E-state index in [-0.39, 0.29) is 0 Å². The number of carbonyl (C=O) groups is 1. The van der Waals surface area contributed by atoms with E-state index in [1.807, 2.05) is 56.3 Å². The van der Waals surface area contributed by atoms with Crippen LogP contribution in [0.25, 0.3) is 22.3 Å². The van der Waals surface area contributed by atoms with Crippen LogP contribution in [0.1, 0.15) is 60.5 Å². The zero-order valence-electron chi connectivity index (χ0n) is 25.2. The molecule has 2 heterocycles. The molecule has 0 bridgehead atoms. The Morgan fingerprint density at radius 2 is 1.65 bits per heavy atom. The minimum Gasteiger partial charge on any atom is -0.449 e. The first-order chi connectivity index (χ1) is 20.9. The highest BCUT2D eigenvalue weighted by molar-refractivity contribution is 7.83. The van der Waals surface area contributed by atoms with Crippen molar-refractivity contribution in [1.82, 2.24) is 19.3 Å². The molecule has 0 aliphatic heterocycles. The molecule has 5 aromatic rings. The van der Waals surface area contributed by atoms with E-state index in [9.17, 15) is 9.00 Å². The highest BCUT2D eigenvalue weighted by Crippen LogP contribution is 2.29. The van der Waals surface area contributed by atoms with Gasteiger partial charge < -0.3 is 9.30 Å². The van der Waals surface area contributed by atoms with Crippen molar-refractivity contribution in [3.8, 4) is 11.1 Å². The summed E-state index contributed by atoms with van der Waals surface area (Å²) in [4.78, 5) is 22.5. The van der Waals surface area contributed by atoms with E-state index < -0.39 is 17.1 Å². The monoisotopic (exact) mass is 594 g/mol. The zero-order valence-corrected chi connectivity index (χ0v) is 26.0. The van der Waals surface area contributed by atoms with Crippen LogP contribution in [0.4, 0.5) is 4.79 Å². The number of amides is 1. The van der Waals surface area contributed by atoms with Gasteiger partial charge in [-0.25, -0.2) is 23.7 Å². The molecule has 0 aliphatic rings. The molecular formula is C35H38N4O3S. The number of fused-ring (bicyclic) bond motifs is 1. The smallest absolute Gasteiger partial charge is 0.419 e. The van der Waals surface area contributed by atoms with E-state index in [0.29, 0.717) is 18.0 Å². The van der Waals surface area contributed by atoms with Gasteiger partial charge in [-0.2, -0.15) is 0 Å². The Balaban J connectivity index is 1.45. The Kier molecular flexibility index (Phi) is 9.67. The summed E-state index contributed by atoms with van der Waals surface area (Å²) in [6.07, 6.45) is 2.54. The van der Waals surface area contributed by atoms with E-state index in [2.05, 4.69) is 59.5 Å². The van der Waals surface area contributed by atoms with Gasteiger partial charge in [0.15, 0.2) is 16.6 Å². The highest BCUT2D eigenvalue weighted by Gasteiger charge is 2.17. The third kappa shape index (κ3) is 7.20. The second-order valence-corrected chi connectivity index (χ2v) is 12.0. The van der Waals surface area contributed by atoms with Crippen LogP contribution in [0.3, 0.4) is 0 Å². The molecule has 3 aromatic carbocycles. The summed E-state index contributed by atoms with van der Waals surface area (Å²) in [5, 5.41) is 0. The summed E-state index contributed by atoms with van der Waals surface area (Å²) in [6, 6.07) is 26.5. The number of carbonyl (C=O) groups excluding carboxylic acids is 1. The SMILES string of the molecule is CCCCOC(=O)NS(=O)c1ccc(Cc2ccccc2)cc1-c1ccc(Cn2c(CC)nc3c(C)cc(C)nc32)cc1. The number of hydrogen-bond acceptors (Lipinski definition) is 5. The third-order valence-corrected chi connectivity index (χ3v) is 8.53. The van der Waals surface area contributed by atoms with Crippen LogP contribution in [0, 0.1) is 13.8 Å². The van der Waals surface area contributed by atoms with Gasteiger partial charge in [-0.05, 0) is 78.3 Å². The number of hydrogen-bond donors (Lipinski definition) is 1. The Labute approximate surface area is 255 Å². The maximum Gasteiger partial charge on any atom is 0.419 e. The van der Waals surface area contributed by atoms with Crippen molar-refractivity contribution in [2.45, 2.75) is 64.8 Å². The van der Waals surface area contributed by atoms with Crippen molar-refractivity contribution in [3.05, 3.63) is 113 Å². The highest BCUT2D eigenvalue weighted by atomic mass is 32.2. The molecule has 2 aromatic heterocycles. The van der Waals surface area contributed by atoms with E-state index in [1.54, 1.807) is 0 Å². The maximum atomic E-state index is 13.4. The van der Waals surface area contributed by atoms with Gasteiger partial charge in [0.2, 0.25) is 0 Å². The van der Waals surface area contributed by atoms with E-state index in [1.165, 1.54) is 5.56 Å². The molecule has 1 amide bonds. The summed E-state index contributed by atoms with van der Waals surface area (Å²) < 4.78 is 23.3. The van der Waals surface area contributed by atoms with Crippen molar-refractivity contribution in [3.63, 3.8) is 0 Å². The second-order valence-electron chi connectivity index (χ2n) is 10.8. The first-order valence-corrected chi connectivity index (χ1v) is 16.0. The average molecular weight is 595 g/mol. The van der Waals surface area contributed by atoms with Gasteiger partial charge in [-0.3, -0.25) is 0 Å². The summed E-state index contributed by atoms with van der Waals surface area (Å²) in [5.41, 5.74) is 9.07. The Morgan fingerprint density at radius 3 is 2.37 bits per heavy atom. The molecule has 0 saturated carbocycles. The number of aromatic nitrogens is 3. The standard InChI is InChI=1S/C35H38N4O3S/c1-5-7-19-42-35(40)38-43(41)31-18-15-28(21-26-11-9-8-10-12-26)22-30(31)29-16-13-27(14-17-29)23-39-32(6-2)37-33-24(3)20-25(4)36-34(33)39/h8-18,20,22H,5-7,19,21,23H2,1-4H3,(H,38,40). The first-order valence-electron chi connectivity index (χ1n) is 14.8. The molecule has 222 valence electrons. The van der Waals surface area contributed by atoms with Crippen LogP contribution in [0.5, 0.6) is 0 Å². The summed E-state index contributed by atoms with van der Waals surface area (Å²) in [5.74, 6) is 1.00. The fraction of sp³-hybridized carbons (Fsp3) is 0.286. The lowest BCUT2D eigenvalue weighted by molar-refractivity contribution is 0.151. The lowest BCUT2D eigenvalue weighted by Crippen LogP contribution is -2.27. The molecular weight excluding hydrogens is 556 g/mol. The van der Waals surface area contributed by atoms with Gasteiger partial charge in [0.05, 0.1) is 18.0 Å². The van der Waals surface area contributed by atoms with Gasteiger partial charge in [0.1, 0.15) is 11.3 Å². The average Bonchev–Trinajstić information content (AvgIpc) is 3.35. The second kappa shape index (κ2) is 13.8. The van der Waals surface area contributed by atoms with E-state index in [4.69, 9.17) is 14.7 Å². The number of rotatable bonds is 11. The van der Waals surface area contributed by atoms with Gasteiger partial charge in [0.25, 0.3) is 0 Å². The van der Waals surface area contributed by atoms with Gasteiger partial charge in [0, 0.05) is 12.1 Å². The topological polar surface area (TPSA) is 86.1 Å². The lowest BCUT2D eigenvalue weighted by Gasteiger charge is -2.14. The lowest BCUT2D eigenvalue weighted by atomic mass is 9.98. The third-order valence-electron chi connectivity index (χ3n) is 7.42. The summed E-state index contributed by atoms with van der Waals surface area (Å²) in [7, 11) is -1.79. The summed E-state index contributed by atoms with van der Waals surface area (Å²) in [6.45, 7) is 9.17. The molecule has 1 unspecified atom stereocenters. The fourth-order valence-corrected chi connectivity index (χ4v) is 6.12. The van der Waals surface area contributed by atoms with E-state index >= 15 is 0 Å². The zero-order chi connectivity index (χ0) is 30.3. The molecule has 5 rings (SSSR count). The molecule has 1 N–H and O–H groups in total. The normalized spacial score (nSPS) is 11.9. The molecule has 43 heavy (non-hydrogen) atoms. The molecule has 0 aliphatic carbocycles. The molecule has 0 saturated heterocycles. The van der Waals surface area contributed by atoms with Crippen LogP contribution in [0.15, 0.2) is 83.8 Å². The number of unbranched alkanes of at least 4 members (excludes halogenated alkanes) is 1. The quantitative estimate of drug-likeness (QED) is 0.160. The van der Waals surface area contributed by atoms with Crippen molar-refractivity contribution < 1.29 is 13.7 Å². The van der Waals surface area contributed by atoms with E-state index in [0.717, 1.165) is 76.2 Å². The van der Waals surface area contributed by atoms with Crippen LogP contribution in [-0.4, -0.2) is 31.4 Å². The Bertz CT molecular complexity index is 1750. The molecule has 7 nitrogen and oxygen atoms in total. The number of imidazole rings is 1. The van der Waals surface area contributed by atoms with Crippen molar-refractivity contribution in [2.75, 3.05) is 6.61 Å². The largest absolute Gasteiger partial charge is 0.449 e. The predicted molar refractivity (Wildman–Crippen MR) is 172 cm³/mol.